The van der Waals surface area contributed by atoms with Gasteiger partial charge in [-0.15, -0.1) is 11.3 Å². The lowest BCUT2D eigenvalue weighted by atomic mass is 10.2. The Kier molecular flexibility index (Phi) is 5.39. The van der Waals surface area contributed by atoms with Crippen LogP contribution in [-0.2, 0) is 17.9 Å². The van der Waals surface area contributed by atoms with Gasteiger partial charge in [-0.1, -0.05) is 18.2 Å². The van der Waals surface area contributed by atoms with Gasteiger partial charge < -0.3 is 9.64 Å². The van der Waals surface area contributed by atoms with Crippen LogP contribution in [0.3, 0.4) is 0 Å². The van der Waals surface area contributed by atoms with E-state index in [2.05, 4.69) is 4.98 Å². The number of hydrogen-bond acceptors (Lipinski definition) is 5. The van der Waals surface area contributed by atoms with E-state index in [9.17, 15) is 9.59 Å². The summed E-state index contributed by atoms with van der Waals surface area (Å²) in [6.07, 6.45) is 1.26. The first-order valence-electron chi connectivity index (χ1n) is 9.07. The third-order valence-corrected chi connectivity index (χ3v) is 5.49. The van der Waals surface area contributed by atoms with Crippen LogP contribution in [-0.4, -0.2) is 22.6 Å². The molecule has 29 heavy (non-hydrogen) atoms. The summed E-state index contributed by atoms with van der Waals surface area (Å²) in [5.41, 5.74) is 1.76. The van der Waals surface area contributed by atoms with Gasteiger partial charge in [0.15, 0.2) is 0 Å². The number of benzene rings is 2. The highest BCUT2D eigenvalue weighted by Gasteiger charge is 2.19. The van der Waals surface area contributed by atoms with Gasteiger partial charge in [-0.2, -0.15) is 0 Å². The molecule has 0 bridgehead atoms. The zero-order chi connectivity index (χ0) is 20.2. The van der Waals surface area contributed by atoms with E-state index in [1.54, 1.807) is 29.4 Å². The number of fused-ring (bicyclic) bond motifs is 1. The first kappa shape index (κ1) is 18.9. The lowest BCUT2D eigenvalue weighted by molar-refractivity contribution is -0.119. The smallest absolute Gasteiger partial charge is 0.269 e. The number of thiophene rings is 1. The number of methoxy groups -OCH3 is 1. The van der Waals surface area contributed by atoms with E-state index in [1.165, 1.54) is 10.8 Å². The number of hydrogen-bond donors (Lipinski definition) is 0. The topological polar surface area (TPSA) is 64.4 Å². The van der Waals surface area contributed by atoms with E-state index in [0.717, 1.165) is 10.6 Å². The van der Waals surface area contributed by atoms with Gasteiger partial charge in [-0.3, -0.25) is 14.2 Å². The second-order valence-corrected chi connectivity index (χ2v) is 7.46. The molecule has 0 aliphatic carbocycles. The molecule has 0 spiro atoms. The molecule has 7 heteroatoms. The summed E-state index contributed by atoms with van der Waals surface area (Å²) in [6, 6.07) is 18.6. The van der Waals surface area contributed by atoms with Crippen LogP contribution >= 0.6 is 11.3 Å². The van der Waals surface area contributed by atoms with Crippen LogP contribution in [0.5, 0.6) is 5.75 Å². The monoisotopic (exact) mass is 405 g/mol. The van der Waals surface area contributed by atoms with Crippen LogP contribution < -0.4 is 15.2 Å². The molecule has 0 atom stereocenters. The number of carbonyl (C=O) groups excluding carboxylic acids is 1. The molecule has 0 aliphatic heterocycles. The van der Waals surface area contributed by atoms with Crippen LogP contribution in [0.2, 0.25) is 0 Å². The predicted molar refractivity (Wildman–Crippen MR) is 115 cm³/mol. The van der Waals surface area contributed by atoms with Gasteiger partial charge in [-0.05, 0) is 47.8 Å². The Bertz CT molecular complexity index is 1180. The molecule has 2 aromatic carbocycles. The third kappa shape index (κ3) is 4.05. The van der Waals surface area contributed by atoms with E-state index in [1.807, 2.05) is 60.0 Å². The Hall–Kier alpha value is -3.45. The maximum Gasteiger partial charge on any atom is 0.269 e. The lowest BCUT2D eigenvalue weighted by Crippen LogP contribution is -2.36. The molecule has 2 aromatic heterocycles. The normalized spacial score (nSPS) is 10.8. The van der Waals surface area contributed by atoms with E-state index in [-0.39, 0.29) is 18.0 Å². The van der Waals surface area contributed by atoms with Crippen molar-refractivity contribution in [1.82, 2.24) is 9.55 Å². The number of rotatable bonds is 6. The van der Waals surface area contributed by atoms with Gasteiger partial charge in [0.1, 0.15) is 12.3 Å². The van der Waals surface area contributed by atoms with Crippen molar-refractivity contribution in [1.29, 1.82) is 0 Å². The third-order valence-electron chi connectivity index (χ3n) is 4.63. The molecule has 0 fully saturated rings. The quantitative estimate of drug-likeness (QED) is 0.491. The van der Waals surface area contributed by atoms with Gasteiger partial charge in [0.05, 0.1) is 30.9 Å². The SMILES string of the molecule is COc1ccc(N(Cc2cccs2)C(=O)Cn2c(=O)cnc3ccccc32)cc1. The summed E-state index contributed by atoms with van der Waals surface area (Å²) in [6.45, 7) is 0.361. The summed E-state index contributed by atoms with van der Waals surface area (Å²) < 4.78 is 6.69. The number of para-hydroxylation sites is 2. The number of nitrogens with zero attached hydrogens (tertiary/aromatic N) is 3. The standard InChI is InChI=1S/C22H19N3O3S/c1-28-17-10-8-16(9-11-17)24(14-18-5-4-12-29-18)22(27)15-25-20-7-3-2-6-19(20)23-13-21(25)26/h2-13H,14-15H2,1H3. The van der Waals surface area contributed by atoms with Gasteiger partial charge in [0.2, 0.25) is 5.91 Å². The summed E-state index contributed by atoms with van der Waals surface area (Å²) in [7, 11) is 1.60. The predicted octanol–water partition coefficient (Wildman–Crippen LogP) is 3.70. The second-order valence-electron chi connectivity index (χ2n) is 6.43. The Morgan fingerprint density at radius 2 is 1.90 bits per heavy atom. The molecule has 146 valence electrons. The summed E-state index contributed by atoms with van der Waals surface area (Å²) in [5, 5.41) is 1.98. The van der Waals surface area contributed by atoms with Crippen LogP contribution in [0.4, 0.5) is 5.69 Å². The molecule has 0 N–H and O–H groups in total. The first-order chi connectivity index (χ1) is 14.2. The largest absolute Gasteiger partial charge is 0.497 e. The minimum atomic E-state index is -0.303. The Balaban J connectivity index is 1.70. The highest BCUT2D eigenvalue weighted by Crippen LogP contribution is 2.23. The van der Waals surface area contributed by atoms with E-state index in [0.29, 0.717) is 23.3 Å². The van der Waals surface area contributed by atoms with Gasteiger partial charge >= 0.3 is 0 Å². The highest BCUT2D eigenvalue weighted by atomic mass is 32.1. The van der Waals surface area contributed by atoms with Crippen LogP contribution in [0.15, 0.2) is 77.0 Å². The average Bonchev–Trinajstić information content (AvgIpc) is 3.27. The highest BCUT2D eigenvalue weighted by molar-refractivity contribution is 7.09. The minimum Gasteiger partial charge on any atom is -0.497 e. The number of anilines is 1. The van der Waals surface area contributed by atoms with E-state index in [4.69, 9.17) is 4.74 Å². The minimum absolute atomic E-state index is 0.0702. The van der Waals surface area contributed by atoms with Gasteiger partial charge in [0, 0.05) is 10.6 Å². The second kappa shape index (κ2) is 8.28. The van der Waals surface area contributed by atoms with Crippen molar-refractivity contribution in [3.63, 3.8) is 0 Å². The molecule has 4 rings (SSSR count). The van der Waals surface area contributed by atoms with Crippen LogP contribution in [0.25, 0.3) is 11.0 Å². The van der Waals surface area contributed by atoms with Crippen molar-refractivity contribution in [2.45, 2.75) is 13.1 Å². The molecule has 4 aromatic rings. The molecule has 1 amide bonds. The molecular weight excluding hydrogens is 386 g/mol. The fourth-order valence-electron chi connectivity index (χ4n) is 3.14. The Morgan fingerprint density at radius 1 is 1.10 bits per heavy atom. The van der Waals surface area contributed by atoms with Crippen molar-refractivity contribution in [2.24, 2.45) is 0 Å². The van der Waals surface area contributed by atoms with Gasteiger partial charge in [-0.25, -0.2) is 4.98 Å². The van der Waals surface area contributed by atoms with E-state index < -0.39 is 0 Å². The van der Waals surface area contributed by atoms with E-state index >= 15 is 0 Å². The fraction of sp³-hybridized carbons (Fsp3) is 0.136. The molecule has 2 heterocycles. The average molecular weight is 405 g/mol. The zero-order valence-electron chi connectivity index (χ0n) is 15.8. The number of carbonyl (C=O) groups is 1. The fourth-order valence-corrected chi connectivity index (χ4v) is 3.84. The first-order valence-corrected chi connectivity index (χ1v) is 9.95. The van der Waals surface area contributed by atoms with Crippen LogP contribution in [0, 0.1) is 0 Å². The maximum atomic E-state index is 13.3. The molecular formula is C22H19N3O3S. The Morgan fingerprint density at radius 3 is 2.62 bits per heavy atom. The molecule has 0 radical (unpaired) electrons. The number of ether oxygens (including phenoxy) is 1. The molecule has 6 nitrogen and oxygen atoms in total. The van der Waals surface area contributed by atoms with Crippen molar-refractivity contribution in [3.8, 4) is 5.75 Å². The lowest BCUT2D eigenvalue weighted by Gasteiger charge is -2.23. The number of amides is 1. The maximum absolute atomic E-state index is 13.3. The van der Waals surface area contributed by atoms with Gasteiger partial charge in [0.25, 0.3) is 5.56 Å². The van der Waals surface area contributed by atoms with Crippen LogP contribution in [0.1, 0.15) is 4.88 Å². The van der Waals surface area contributed by atoms with Crippen molar-refractivity contribution < 1.29 is 9.53 Å². The van der Waals surface area contributed by atoms with Crippen molar-refractivity contribution in [2.75, 3.05) is 12.0 Å². The summed E-state index contributed by atoms with van der Waals surface area (Å²) in [4.78, 5) is 32.7. The molecule has 0 aliphatic rings. The molecule has 0 unspecified atom stereocenters. The molecule has 0 saturated heterocycles. The number of aromatic nitrogens is 2. The zero-order valence-corrected chi connectivity index (χ0v) is 16.6. The van der Waals surface area contributed by atoms with Crippen molar-refractivity contribution in [3.05, 3.63) is 87.5 Å². The van der Waals surface area contributed by atoms with Crippen molar-refractivity contribution >= 4 is 34.0 Å². The summed E-state index contributed by atoms with van der Waals surface area (Å²) in [5.74, 6) is 0.538. The molecule has 0 saturated carbocycles. The summed E-state index contributed by atoms with van der Waals surface area (Å²) >= 11 is 1.59. The Labute approximate surface area is 171 Å².